The van der Waals surface area contributed by atoms with Crippen molar-refractivity contribution < 1.29 is 14.7 Å². The van der Waals surface area contributed by atoms with Crippen LogP contribution in [0.4, 0.5) is 0 Å². The van der Waals surface area contributed by atoms with E-state index in [1.807, 2.05) is 0 Å². The fourth-order valence-electron chi connectivity index (χ4n) is 4.66. The third kappa shape index (κ3) is 2.68. The van der Waals surface area contributed by atoms with Gasteiger partial charge in [0.1, 0.15) is 6.04 Å². The summed E-state index contributed by atoms with van der Waals surface area (Å²) in [5.74, 6) is -0.615. The van der Waals surface area contributed by atoms with Crippen LogP contribution in [0, 0.1) is 11.8 Å². The molecule has 1 heterocycles. The number of nitrogens with zero attached hydrogens (tertiary/aromatic N) is 1. The van der Waals surface area contributed by atoms with Gasteiger partial charge in [0.25, 0.3) is 0 Å². The molecule has 3 rings (SSSR count). The van der Waals surface area contributed by atoms with Crippen LogP contribution in [-0.4, -0.2) is 40.0 Å². The number of carbonyl (C=O) groups excluding carboxylic acids is 1. The van der Waals surface area contributed by atoms with Crippen LogP contribution < -0.4 is 5.73 Å². The number of fused-ring (bicyclic) bond motifs is 1. The minimum atomic E-state index is -0.845. The van der Waals surface area contributed by atoms with Crippen LogP contribution >= 0.6 is 0 Å². The minimum Gasteiger partial charge on any atom is -0.480 e. The Labute approximate surface area is 125 Å². The molecule has 5 atom stereocenters. The highest BCUT2D eigenvalue weighted by atomic mass is 16.4. The van der Waals surface area contributed by atoms with Crippen molar-refractivity contribution in [2.45, 2.75) is 75.9 Å². The first kappa shape index (κ1) is 14.8. The summed E-state index contributed by atoms with van der Waals surface area (Å²) in [6.45, 7) is 0. The molecule has 0 aromatic heterocycles. The second-order valence-electron chi connectivity index (χ2n) is 7.00. The topological polar surface area (TPSA) is 83.6 Å². The van der Waals surface area contributed by atoms with E-state index in [-0.39, 0.29) is 23.9 Å². The first-order valence-corrected chi connectivity index (χ1v) is 8.40. The summed E-state index contributed by atoms with van der Waals surface area (Å²) in [4.78, 5) is 26.3. The van der Waals surface area contributed by atoms with Gasteiger partial charge in [-0.15, -0.1) is 0 Å². The molecule has 1 aliphatic heterocycles. The zero-order valence-electron chi connectivity index (χ0n) is 12.5. The van der Waals surface area contributed by atoms with E-state index in [0.29, 0.717) is 12.3 Å². The molecule has 0 spiro atoms. The monoisotopic (exact) mass is 294 g/mol. The fraction of sp³-hybridized carbons (Fsp3) is 0.875. The smallest absolute Gasteiger partial charge is 0.326 e. The summed E-state index contributed by atoms with van der Waals surface area (Å²) in [7, 11) is 0. The Balaban J connectivity index is 1.82. The minimum absolute atomic E-state index is 0.0176. The number of likely N-dealkylation sites (tertiary alicyclic amines) is 1. The van der Waals surface area contributed by atoms with E-state index in [1.165, 1.54) is 6.42 Å². The van der Waals surface area contributed by atoms with Crippen molar-refractivity contribution in [3.8, 4) is 0 Å². The molecule has 3 N–H and O–H groups in total. The molecule has 2 saturated carbocycles. The highest BCUT2D eigenvalue weighted by Crippen LogP contribution is 2.41. The van der Waals surface area contributed by atoms with E-state index in [2.05, 4.69) is 0 Å². The number of aliphatic carboxylic acids is 1. The van der Waals surface area contributed by atoms with Gasteiger partial charge in [0.05, 0.1) is 5.92 Å². The van der Waals surface area contributed by atoms with Crippen LogP contribution in [0.25, 0.3) is 0 Å². The van der Waals surface area contributed by atoms with Gasteiger partial charge in [-0.05, 0) is 38.0 Å². The summed E-state index contributed by atoms with van der Waals surface area (Å²) in [5.41, 5.74) is 6.14. The van der Waals surface area contributed by atoms with Crippen molar-refractivity contribution in [3.05, 3.63) is 0 Å². The zero-order valence-corrected chi connectivity index (χ0v) is 12.5. The summed E-state index contributed by atoms with van der Waals surface area (Å²) in [6.07, 6.45) is 8.75. The molecule has 0 radical (unpaired) electrons. The summed E-state index contributed by atoms with van der Waals surface area (Å²) < 4.78 is 0. The Morgan fingerprint density at radius 3 is 2.38 bits per heavy atom. The van der Waals surface area contributed by atoms with Gasteiger partial charge in [0.15, 0.2) is 0 Å². The number of carboxylic acid groups (broad SMARTS) is 1. The van der Waals surface area contributed by atoms with Gasteiger partial charge in [-0.1, -0.05) is 25.7 Å². The summed E-state index contributed by atoms with van der Waals surface area (Å²) >= 11 is 0. The SMILES string of the molecule is NC1CCCCC1C(=O)N1C(C(=O)O)CC2CCCCC21. The van der Waals surface area contributed by atoms with E-state index in [9.17, 15) is 14.7 Å². The van der Waals surface area contributed by atoms with Crippen LogP contribution in [0.15, 0.2) is 0 Å². The molecule has 3 aliphatic rings. The molecule has 5 unspecified atom stereocenters. The third-order valence-electron chi connectivity index (χ3n) is 5.76. The van der Waals surface area contributed by atoms with Gasteiger partial charge in [-0.2, -0.15) is 0 Å². The van der Waals surface area contributed by atoms with E-state index in [1.54, 1.807) is 4.90 Å². The third-order valence-corrected chi connectivity index (χ3v) is 5.76. The Morgan fingerprint density at radius 2 is 1.67 bits per heavy atom. The Kier molecular flexibility index (Phi) is 4.20. The lowest BCUT2D eigenvalue weighted by Crippen LogP contribution is -2.52. The molecule has 1 amide bonds. The molecule has 21 heavy (non-hydrogen) atoms. The van der Waals surface area contributed by atoms with Crippen LogP contribution in [0.1, 0.15) is 57.8 Å². The Morgan fingerprint density at radius 1 is 1.00 bits per heavy atom. The largest absolute Gasteiger partial charge is 0.480 e. The van der Waals surface area contributed by atoms with Crippen LogP contribution in [0.2, 0.25) is 0 Å². The molecule has 1 saturated heterocycles. The lowest BCUT2D eigenvalue weighted by atomic mass is 9.82. The molecule has 0 bridgehead atoms. The van der Waals surface area contributed by atoms with Gasteiger partial charge in [0.2, 0.25) is 5.91 Å². The van der Waals surface area contributed by atoms with E-state index >= 15 is 0 Å². The van der Waals surface area contributed by atoms with Crippen molar-refractivity contribution in [2.24, 2.45) is 17.6 Å². The molecule has 5 nitrogen and oxygen atoms in total. The van der Waals surface area contributed by atoms with Crippen molar-refractivity contribution in [1.82, 2.24) is 4.90 Å². The average molecular weight is 294 g/mol. The molecular weight excluding hydrogens is 268 g/mol. The lowest BCUT2D eigenvalue weighted by molar-refractivity contribution is -0.152. The maximum Gasteiger partial charge on any atom is 0.326 e. The van der Waals surface area contributed by atoms with E-state index in [4.69, 9.17) is 5.73 Å². The Hall–Kier alpha value is -1.10. The van der Waals surface area contributed by atoms with E-state index < -0.39 is 12.0 Å². The molecule has 118 valence electrons. The van der Waals surface area contributed by atoms with Crippen molar-refractivity contribution in [1.29, 1.82) is 0 Å². The molecule has 0 aromatic carbocycles. The predicted molar refractivity (Wildman–Crippen MR) is 78.6 cm³/mol. The Bertz CT molecular complexity index is 426. The standard InChI is InChI=1S/C16H26N2O3/c17-12-7-3-2-6-11(12)15(19)18-13-8-4-1-5-10(13)9-14(18)16(20)21/h10-14H,1-9,17H2,(H,20,21). The lowest BCUT2D eigenvalue weighted by Gasteiger charge is -2.37. The highest BCUT2D eigenvalue weighted by Gasteiger charge is 2.49. The average Bonchev–Trinajstić information content (AvgIpc) is 2.86. The van der Waals surface area contributed by atoms with Crippen LogP contribution in [-0.2, 0) is 9.59 Å². The van der Waals surface area contributed by atoms with E-state index in [0.717, 1.165) is 44.9 Å². The van der Waals surface area contributed by atoms with Crippen LogP contribution in [0.3, 0.4) is 0 Å². The number of nitrogens with two attached hydrogens (primary N) is 1. The molecule has 5 heteroatoms. The normalized spacial score (nSPS) is 39.9. The maximum absolute atomic E-state index is 13.0. The number of rotatable bonds is 2. The van der Waals surface area contributed by atoms with Crippen molar-refractivity contribution in [2.75, 3.05) is 0 Å². The molecule has 2 aliphatic carbocycles. The van der Waals surface area contributed by atoms with Crippen molar-refractivity contribution >= 4 is 11.9 Å². The summed E-state index contributed by atoms with van der Waals surface area (Å²) in [6, 6.07) is -0.579. The maximum atomic E-state index is 13.0. The number of carboxylic acids is 1. The quantitative estimate of drug-likeness (QED) is 0.812. The van der Waals surface area contributed by atoms with Gasteiger partial charge in [0, 0.05) is 12.1 Å². The number of amides is 1. The molecular formula is C16H26N2O3. The highest BCUT2D eigenvalue weighted by molar-refractivity contribution is 5.86. The van der Waals surface area contributed by atoms with Gasteiger partial charge in [-0.25, -0.2) is 4.79 Å². The van der Waals surface area contributed by atoms with Gasteiger partial charge in [-0.3, -0.25) is 4.79 Å². The van der Waals surface area contributed by atoms with Gasteiger partial charge >= 0.3 is 5.97 Å². The zero-order chi connectivity index (χ0) is 15.0. The van der Waals surface area contributed by atoms with Crippen LogP contribution in [0.5, 0.6) is 0 Å². The summed E-state index contributed by atoms with van der Waals surface area (Å²) in [5, 5.41) is 9.52. The second-order valence-corrected chi connectivity index (χ2v) is 7.00. The van der Waals surface area contributed by atoms with Crippen molar-refractivity contribution in [3.63, 3.8) is 0 Å². The number of hydrogen-bond donors (Lipinski definition) is 2. The van der Waals surface area contributed by atoms with Gasteiger partial charge < -0.3 is 15.7 Å². The molecule has 0 aromatic rings. The number of hydrogen-bond acceptors (Lipinski definition) is 3. The first-order chi connectivity index (χ1) is 10.1. The first-order valence-electron chi connectivity index (χ1n) is 8.40. The second kappa shape index (κ2) is 5.95. The predicted octanol–water partition coefficient (Wildman–Crippen LogP) is 1.75. The fourth-order valence-corrected chi connectivity index (χ4v) is 4.66. The molecule has 3 fully saturated rings. The number of carbonyl (C=O) groups is 2.